The summed E-state index contributed by atoms with van der Waals surface area (Å²) in [5.41, 5.74) is 6.65. The number of benzene rings is 2. The van der Waals surface area contributed by atoms with Gasteiger partial charge in [0.05, 0.1) is 0 Å². The minimum atomic E-state index is -0.327. The molecule has 0 aromatic heterocycles. The number of nitrogens with two attached hydrogens (primary N) is 1. The standard InChI is InChI=1S/C15H14Cl2FNO/c16-11-2-1-3-14(8-11)20-9-13(19)7-10-6-12(18)4-5-15(10)17/h1-6,8,13H,7,9,19H2. The fourth-order valence-corrected chi connectivity index (χ4v) is 2.18. The highest BCUT2D eigenvalue weighted by molar-refractivity contribution is 6.31. The highest BCUT2D eigenvalue weighted by Gasteiger charge is 2.09. The van der Waals surface area contributed by atoms with Crippen molar-refractivity contribution in [2.75, 3.05) is 6.61 Å². The number of hydrogen-bond acceptors (Lipinski definition) is 2. The molecular formula is C15H14Cl2FNO. The highest BCUT2D eigenvalue weighted by atomic mass is 35.5. The second kappa shape index (κ2) is 6.93. The number of halogens is 3. The lowest BCUT2D eigenvalue weighted by Gasteiger charge is -2.14. The second-order valence-corrected chi connectivity index (χ2v) is 5.31. The van der Waals surface area contributed by atoms with Gasteiger partial charge in [0.2, 0.25) is 0 Å². The van der Waals surface area contributed by atoms with Gasteiger partial charge in [-0.1, -0.05) is 29.3 Å². The van der Waals surface area contributed by atoms with Gasteiger partial charge in [-0.05, 0) is 48.4 Å². The third kappa shape index (κ3) is 4.37. The van der Waals surface area contributed by atoms with Crippen molar-refractivity contribution in [3.63, 3.8) is 0 Å². The van der Waals surface area contributed by atoms with Crippen LogP contribution in [0.5, 0.6) is 5.75 Å². The van der Waals surface area contributed by atoms with Crippen molar-refractivity contribution in [1.82, 2.24) is 0 Å². The van der Waals surface area contributed by atoms with Crippen LogP contribution in [-0.4, -0.2) is 12.6 Å². The monoisotopic (exact) mass is 313 g/mol. The first-order chi connectivity index (χ1) is 9.54. The summed E-state index contributed by atoms with van der Waals surface area (Å²) in [4.78, 5) is 0. The zero-order valence-electron chi connectivity index (χ0n) is 10.7. The van der Waals surface area contributed by atoms with Gasteiger partial charge in [-0.3, -0.25) is 0 Å². The van der Waals surface area contributed by atoms with Crippen molar-refractivity contribution in [1.29, 1.82) is 0 Å². The molecule has 2 N–H and O–H groups in total. The van der Waals surface area contributed by atoms with E-state index in [9.17, 15) is 4.39 Å². The van der Waals surface area contributed by atoms with Gasteiger partial charge in [0, 0.05) is 16.1 Å². The first-order valence-electron chi connectivity index (χ1n) is 6.12. The normalized spacial score (nSPS) is 12.2. The number of ether oxygens (including phenoxy) is 1. The first-order valence-corrected chi connectivity index (χ1v) is 6.88. The lowest BCUT2D eigenvalue weighted by molar-refractivity contribution is 0.287. The summed E-state index contributed by atoms with van der Waals surface area (Å²) in [7, 11) is 0. The Morgan fingerprint density at radius 1 is 1.15 bits per heavy atom. The van der Waals surface area contributed by atoms with Crippen LogP contribution in [0.15, 0.2) is 42.5 Å². The van der Waals surface area contributed by atoms with Gasteiger partial charge < -0.3 is 10.5 Å². The maximum atomic E-state index is 13.1. The SMILES string of the molecule is NC(COc1cccc(Cl)c1)Cc1cc(F)ccc1Cl. The predicted molar refractivity (Wildman–Crippen MR) is 80.0 cm³/mol. The maximum Gasteiger partial charge on any atom is 0.123 e. The summed E-state index contributed by atoms with van der Waals surface area (Å²) in [5.74, 6) is 0.325. The molecule has 0 spiro atoms. The van der Waals surface area contributed by atoms with Gasteiger partial charge in [0.15, 0.2) is 0 Å². The van der Waals surface area contributed by atoms with Gasteiger partial charge >= 0.3 is 0 Å². The molecule has 0 saturated carbocycles. The maximum absolute atomic E-state index is 13.1. The summed E-state index contributed by atoms with van der Waals surface area (Å²) >= 11 is 11.9. The fraction of sp³-hybridized carbons (Fsp3) is 0.200. The Bertz CT molecular complexity index is 592. The average Bonchev–Trinajstić information content (AvgIpc) is 2.41. The number of hydrogen-bond donors (Lipinski definition) is 1. The van der Waals surface area contributed by atoms with E-state index in [0.29, 0.717) is 34.4 Å². The van der Waals surface area contributed by atoms with Crippen LogP contribution in [0.1, 0.15) is 5.56 Å². The zero-order valence-corrected chi connectivity index (χ0v) is 12.2. The van der Waals surface area contributed by atoms with Crippen LogP contribution in [0.4, 0.5) is 4.39 Å². The molecule has 0 radical (unpaired) electrons. The lowest BCUT2D eigenvalue weighted by atomic mass is 10.1. The molecule has 1 atom stereocenters. The molecule has 0 saturated heterocycles. The van der Waals surface area contributed by atoms with Crippen LogP contribution in [0, 0.1) is 5.82 Å². The Morgan fingerprint density at radius 3 is 2.70 bits per heavy atom. The molecule has 0 amide bonds. The van der Waals surface area contributed by atoms with E-state index in [-0.39, 0.29) is 11.9 Å². The molecule has 5 heteroatoms. The number of rotatable bonds is 5. The smallest absolute Gasteiger partial charge is 0.123 e. The Hall–Kier alpha value is -1.29. The third-order valence-electron chi connectivity index (χ3n) is 2.75. The summed E-state index contributed by atoms with van der Waals surface area (Å²) < 4.78 is 18.7. The molecule has 20 heavy (non-hydrogen) atoms. The highest BCUT2D eigenvalue weighted by Crippen LogP contribution is 2.20. The molecule has 0 aliphatic heterocycles. The van der Waals surface area contributed by atoms with Crippen LogP contribution in [-0.2, 0) is 6.42 Å². The molecule has 2 aromatic carbocycles. The molecule has 0 fully saturated rings. The van der Waals surface area contributed by atoms with E-state index in [1.54, 1.807) is 24.3 Å². The van der Waals surface area contributed by atoms with E-state index >= 15 is 0 Å². The van der Waals surface area contributed by atoms with Gasteiger partial charge in [0.25, 0.3) is 0 Å². The van der Waals surface area contributed by atoms with E-state index < -0.39 is 0 Å². The van der Waals surface area contributed by atoms with Crippen molar-refractivity contribution >= 4 is 23.2 Å². The topological polar surface area (TPSA) is 35.2 Å². The van der Waals surface area contributed by atoms with Crippen LogP contribution in [0.2, 0.25) is 10.0 Å². The Balaban J connectivity index is 1.92. The summed E-state index contributed by atoms with van der Waals surface area (Å²) in [5, 5.41) is 1.11. The minimum absolute atomic E-state index is 0.284. The van der Waals surface area contributed by atoms with Gasteiger partial charge in [-0.25, -0.2) is 4.39 Å². The van der Waals surface area contributed by atoms with E-state index in [1.807, 2.05) is 0 Å². The van der Waals surface area contributed by atoms with Crippen molar-refractivity contribution in [3.05, 3.63) is 63.9 Å². The molecule has 0 bridgehead atoms. The third-order valence-corrected chi connectivity index (χ3v) is 3.35. The molecule has 106 valence electrons. The molecule has 0 aliphatic carbocycles. The largest absolute Gasteiger partial charge is 0.492 e. The van der Waals surface area contributed by atoms with Crippen LogP contribution in [0.3, 0.4) is 0 Å². The van der Waals surface area contributed by atoms with E-state index in [2.05, 4.69) is 0 Å². The van der Waals surface area contributed by atoms with Crippen molar-refractivity contribution in [3.8, 4) is 5.75 Å². The molecule has 2 rings (SSSR count). The van der Waals surface area contributed by atoms with Gasteiger partial charge in [-0.2, -0.15) is 0 Å². The zero-order chi connectivity index (χ0) is 14.5. The van der Waals surface area contributed by atoms with Crippen molar-refractivity contribution < 1.29 is 9.13 Å². The molecule has 2 aromatic rings. The molecule has 0 heterocycles. The quantitative estimate of drug-likeness (QED) is 0.902. The van der Waals surface area contributed by atoms with Crippen LogP contribution < -0.4 is 10.5 Å². The Morgan fingerprint density at radius 2 is 1.95 bits per heavy atom. The minimum Gasteiger partial charge on any atom is -0.492 e. The molecule has 1 unspecified atom stereocenters. The Labute approximate surface area is 127 Å². The van der Waals surface area contributed by atoms with Crippen LogP contribution >= 0.6 is 23.2 Å². The molecule has 2 nitrogen and oxygen atoms in total. The van der Waals surface area contributed by atoms with Crippen molar-refractivity contribution in [2.45, 2.75) is 12.5 Å². The molecular weight excluding hydrogens is 300 g/mol. The summed E-state index contributed by atoms with van der Waals surface area (Å²) in [6, 6.07) is 11.0. The summed E-state index contributed by atoms with van der Waals surface area (Å²) in [6.45, 7) is 0.299. The fourth-order valence-electron chi connectivity index (χ4n) is 1.80. The second-order valence-electron chi connectivity index (χ2n) is 4.47. The van der Waals surface area contributed by atoms with E-state index in [1.165, 1.54) is 18.2 Å². The Kier molecular flexibility index (Phi) is 5.24. The van der Waals surface area contributed by atoms with Crippen LogP contribution in [0.25, 0.3) is 0 Å². The predicted octanol–water partition coefficient (Wildman–Crippen LogP) is 4.08. The van der Waals surface area contributed by atoms with E-state index in [4.69, 9.17) is 33.7 Å². The average molecular weight is 314 g/mol. The van der Waals surface area contributed by atoms with E-state index in [0.717, 1.165) is 0 Å². The van der Waals surface area contributed by atoms with Gasteiger partial charge in [0.1, 0.15) is 18.2 Å². The lowest BCUT2D eigenvalue weighted by Crippen LogP contribution is -2.30. The van der Waals surface area contributed by atoms with Gasteiger partial charge in [-0.15, -0.1) is 0 Å². The first kappa shape index (κ1) is 15.1. The van der Waals surface area contributed by atoms with Crippen molar-refractivity contribution in [2.24, 2.45) is 5.73 Å². The summed E-state index contributed by atoms with van der Waals surface area (Å²) in [6.07, 6.45) is 0.442. The molecule has 0 aliphatic rings.